The molecule has 3 aliphatic heterocycles. The Hall–Kier alpha value is -1.91. The maximum absolute atomic E-state index is 13.2. The molecule has 0 radical (unpaired) electrons. The minimum atomic E-state index is 0.0547. The summed E-state index contributed by atoms with van der Waals surface area (Å²) in [4.78, 5) is 22.3. The molecule has 5 rings (SSSR count). The normalized spacial score (nSPS) is 29.3. The Balaban J connectivity index is 1.40. The summed E-state index contributed by atoms with van der Waals surface area (Å²) < 4.78 is 0. The van der Waals surface area contributed by atoms with Gasteiger partial charge < -0.3 is 4.90 Å². The predicted molar refractivity (Wildman–Crippen MR) is 115 cm³/mol. The third-order valence-electron chi connectivity index (χ3n) is 7.14. The molecule has 5 heteroatoms. The van der Waals surface area contributed by atoms with Crippen LogP contribution in [0, 0.1) is 11.8 Å². The highest BCUT2D eigenvalue weighted by molar-refractivity contribution is 6.30. The monoisotopic (exact) mass is 409 g/mol. The van der Waals surface area contributed by atoms with E-state index < -0.39 is 0 Å². The van der Waals surface area contributed by atoms with Gasteiger partial charge in [0.2, 0.25) is 0 Å². The quantitative estimate of drug-likeness (QED) is 0.758. The number of carbonyl (C=O) groups excluding carboxylic acids is 1. The number of likely N-dealkylation sites (tertiary alicyclic amines) is 1. The fourth-order valence-corrected chi connectivity index (χ4v) is 5.99. The second-order valence-electron chi connectivity index (χ2n) is 8.89. The molecular weight excluding hydrogens is 382 g/mol. The van der Waals surface area contributed by atoms with E-state index in [9.17, 15) is 4.79 Å². The first-order chi connectivity index (χ1) is 14.2. The average Bonchev–Trinajstić information content (AvgIpc) is 2.77. The summed E-state index contributed by atoms with van der Waals surface area (Å²) in [6.45, 7) is 2.90. The van der Waals surface area contributed by atoms with Crippen molar-refractivity contribution < 1.29 is 4.79 Å². The minimum absolute atomic E-state index is 0.0547. The Morgan fingerprint density at radius 1 is 1.07 bits per heavy atom. The minimum Gasteiger partial charge on any atom is -0.337 e. The van der Waals surface area contributed by atoms with Crippen LogP contribution in [0.3, 0.4) is 0 Å². The van der Waals surface area contributed by atoms with Gasteiger partial charge in [0, 0.05) is 31.4 Å². The van der Waals surface area contributed by atoms with Crippen molar-refractivity contribution in [3.63, 3.8) is 0 Å². The zero-order valence-electron chi connectivity index (χ0n) is 16.7. The Morgan fingerprint density at radius 2 is 1.90 bits per heavy atom. The lowest BCUT2D eigenvalue weighted by Crippen LogP contribution is -2.64. The fraction of sp³-hybridized carbons (Fsp3) is 0.500. The van der Waals surface area contributed by atoms with Crippen LogP contribution >= 0.6 is 11.6 Å². The Bertz CT molecular complexity index is 856. The number of hydrogen-bond acceptors (Lipinski definition) is 3. The third-order valence-corrected chi connectivity index (χ3v) is 7.37. The highest BCUT2D eigenvalue weighted by Crippen LogP contribution is 2.42. The molecule has 0 N–H and O–H groups in total. The standard InChI is InChI=1S/C24H28ClN3O/c25-20-9-10-21(26-14-20)24(29)27-15-18-13-19(16-27)23(12-17-6-2-1-3-7-17)28-11-5-4-8-22(18)28/h1-3,6-7,9-10,14,18-19,22-23H,4-5,8,11-13,15-16H2/t18-,19+,22+,23+/m1/s1. The molecule has 0 aliphatic carbocycles. The number of nitrogens with zero attached hydrogens (tertiary/aromatic N) is 3. The molecular formula is C24H28ClN3O. The fourth-order valence-electron chi connectivity index (χ4n) is 5.87. The van der Waals surface area contributed by atoms with Crippen LogP contribution in [0.25, 0.3) is 0 Å². The molecule has 29 heavy (non-hydrogen) atoms. The summed E-state index contributed by atoms with van der Waals surface area (Å²) in [5, 5.41) is 0.567. The number of carbonyl (C=O) groups is 1. The number of rotatable bonds is 3. The van der Waals surface area contributed by atoms with Crippen molar-refractivity contribution in [1.82, 2.24) is 14.8 Å². The van der Waals surface area contributed by atoms with Gasteiger partial charge in [-0.1, -0.05) is 48.4 Å². The molecule has 0 spiro atoms. The van der Waals surface area contributed by atoms with Crippen LogP contribution < -0.4 is 0 Å². The topological polar surface area (TPSA) is 36.4 Å². The van der Waals surface area contributed by atoms with Gasteiger partial charge >= 0.3 is 0 Å². The molecule has 2 bridgehead atoms. The van der Waals surface area contributed by atoms with E-state index in [0.29, 0.717) is 34.6 Å². The number of piperidine rings is 3. The highest BCUT2D eigenvalue weighted by atomic mass is 35.5. The van der Waals surface area contributed by atoms with E-state index in [1.165, 1.54) is 37.8 Å². The van der Waals surface area contributed by atoms with E-state index in [-0.39, 0.29) is 5.91 Å². The third kappa shape index (κ3) is 3.80. The predicted octanol–water partition coefficient (Wildman–Crippen LogP) is 4.29. The van der Waals surface area contributed by atoms with Crippen LogP contribution in [0.1, 0.15) is 41.7 Å². The summed E-state index contributed by atoms with van der Waals surface area (Å²) in [6, 6.07) is 15.5. The molecule has 1 amide bonds. The number of benzene rings is 1. The molecule has 0 saturated carbocycles. The maximum atomic E-state index is 13.2. The summed E-state index contributed by atoms with van der Waals surface area (Å²) in [6.07, 6.45) is 7.78. The summed E-state index contributed by atoms with van der Waals surface area (Å²) in [7, 11) is 0. The lowest BCUT2D eigenvalue weighted by molar-refractivity contribution is -0.0643. The van der Waals surface area contributed by atoms with Gasteiger partial charge in [0.05, 0.1) is 5.02 Å². The van der Waals surface area contributed by atoms with E-state index in [0.717, 1.165) is 19.5 Å². The van der Waals surface area contributed by atoms with Gasteiger partial charge in [-0.25, -0.2) is 4.98 Å². The second-order valence-corrected chi connectivity index (χ2v) is 9.32. The Morgan fingerprint density at radius 3 is 2.69 bits per heavy atom. The van der Waals surface area contributed by atoms with Crippen molar-refractivity contribution in [1.29, 1.82) is 0 Å². The molecule has 4 atom stereocenters. The van der Waals surface area contributed by atoms with Gasteiger partial charge in [-0.05, 0) is 61.8 Å². The van der Waals surface area contributed by atoms with E-state index >= 15 is 0 Å². The molecule has 3 fully saturated rings. The molecule has 4 heterocycles. The summed E-state index contributed by atoms with van der Waals surface area (Å²) >= 11 is 5.96. The van der Waals surface area contributed by atoms with Crippen molar-refractivity contribution in [3.8, 4) is 0 Å². The van der Waals surface area contributed by atoms with Crippen LogP contribution in [-0.2, 0) is 6.42 Å². The lowest BCUT2D eigenvalue weighted by Gasteiger charge is -2.57. The molecule has 152 valence electrons. The molecule has 3 aliphatic rings. The van der Waals surface area contributed by atoms with Crippen molar-refractivity contribution in [2.24, 2.45) is 11.8 Å². The SMILES string of the molecule is O=C(c1ccc(Cl)cn1)N1C[C@H]2C[C@@H](C1)[C@H](Cc1ccccc1)N1CCCC[C@@H]21. The van der Waals surface area contributed by atoms with E-state index in [1.807, 2.05) is 0 Å². The van der Waals surface area contributed by atoms with E-state index in [1.54, 1.807) is 18.3 Å². The van der Waals surface area contributed by atoms with Gasteiger partial charge in [-0.3, -0.25) is 9.69 Å². The van der Waals surface area contributed by atoms with Crippen molar-refractivity contribution in [2.75, 3.05) is 19.6 Å². The molecule has 0 unspecified atom stereocenters. The Labute approximate surface area is 177 Å². The van der Waals surface area contributed by atoms with Crippen LogP contribution in [0.2, 0.25) is 5.02 Å². The van der Waals surface area contributed by atoms with Crippen LogP contribution in [0.15, 0.2) is 48.7 Å². The van der Waals surface area contributed by atoms with Crippen molar-refractivity contribution >= 4 is 17.5 Å². The summed E-state index contributed by atoms with van der Waals surface area (Å²) in [5.74, 6) is 1.16. The Kier molecular flexibility index (Phi) is 5.31. The average molecular weight is 410 g/mol. The van der Waals surface area contributed by atoms with Crippen molar-refractivity contribution in [3.05, 3.63) is 64.9 Å². The highest BCUT2D eigenvalue weighted by Gasteiger charge is 2.47. The largest absolute Gasteiger partial charge is 0.337 e. The number of hydrogen-bond donors (Lipinski definition) is 0. The zero-order chi connectivity index (χ0) is 19.8. The van der Waals surface area contributed by atoms with Gasteiger partial charge in [-0.15, -0.1) is 0 Å². The number of fused-ring (bicyclic) bond motifs is 4. The first-order valence-electron chi connectivity index (χ1n) is 10.9. The van der Waals surface area contributed by atoms with E-state index in [4.69, 9.17) is 11.6 Å². The molecule has 4 nitrogen and oxygen atoms in total. The van der Waals surface area contributed by atoms with Gasteiger partial charge in [0.15, 0.2) is 0 Å². The number of halogens is 1. The number of pyridine rings is 1. The van der Waals surface area contributed by atoms with Gasteiger partial charge in [-0.2, -0.15) is 0 Å². The first-order valence-corrected chi connectivity index (χ1v) is 11.3. The smallest absolute Gasteiger partial charge is 0.272 e. The van der Waals surface area contributed by atoms with Crippen LogP contribution in [0.4, 0.5) is 0 Å². The van der Waals surface area contributed by atoms with Gasteiger partial charge in [0.25, 0.3) is 5.91 Å². The number of aromatic nitrogens is 1. The van der Waals surface area contributed by atoms with Crippen LogP contribution in [-0.4, -0.2) is 52.4 Å². The molecule has 1 aromatic carbocycles. The maximum Gasteiger partial charge on any atom is 0.272 e. The second kappa shape index (κ2) is 8.08. The van der Waals surface area contributed by atoms with E-state index in [2.05, 4.69) is 45.1 Å². The lowest BCUT2D eigenvalue weighted by atomic mass is 9.71. The summed E-state index contributed by atoms with van der Waals surface area (Å²) in [5.41, 5.74) is 1.91. The van der Waals surface area contributed by atoms with Crippen LogP contribution in [0.5, 0.6) is 0 Å². The van der Waals surface area contributed by atoms with Gasteiger partial charge in [0.1, 0.15) is 5.69 Å². The zero-order valence-corrected chi connectivity index (χ0v) is 17.5. The molecule has 1 aromatic heterocycles. The molecule has 3 saturated heterocycles. The molecule has 2 aromatic rings. The van der Waals surface area contributed by atoms with Crippen molar-refractivity contribution in [2.45, 2.75) is 44.2 Å². The first kappa shape index (κ1) is 19.1. The number of amides is 1.